The number of carbonyl (C=O) groups is 2. The van der Waals surface area contributed by atoms with Gasteiger partial charge >= 0.3 is 0 Å². The Kier molecular flexibility index (Phi) is 5.44. The van der Waals surface area contributed by atoms with Crippen molar-refractivity contribution in [2.75, 3.05) is 24.2 Å². The first-order valence-corrected chi connectivity index (χ1v) is 10.8. The van der Waals surface area contributed by atoms with E-state index < -0.39 is 24.0 Å². The van der Waals surface area contributed by atoms with E-state index in [1.807, 2.05) is 36.4 Å². The number of halogens is 1. The van der Waals surface area contributed by atoms with Gasteiger partial charge in [0.05, 0.1) is 25.6 Å². The van der Waals surface area contributed by atoms with E-state index in [1.165, 1.54) is 4.90 Å². The van der Waals surface area contributed by atoms with Gasteiger partial charge in [-0.1, -0.05) is 29.8 Å². The van der Waals surface area contributed by atoms with Gasteiger partial charge in [0.2, 0.25) is 5.91 Å². The maximum atomic E-state index is 13.7. The van der Waals surface area contributed by atoms with E-state index in [4.69, 9.17) is 25.9 Å². The summed E-state index contributed by atoms with van der Waals surface area (Å²) in [6.45, 7) is 0. The highest BCUT2D eigenvalue weighted by Gasteiger charge is 2.60. The van der Waals surface area contributed by atoms with E-state index in [9.17, 15) is 9.59 Å². The predicted octanol–water partition coefficient (Wildman–Crippen LogP) is 4.41. The fourth-order valence-corrected chi connectivity index (χ4v) is 4.57. The number of ether oxygens (including phenoxy) is 2. The van der Waals surface area contributed by atoms with Crippen molar-refractivity contribution in [2.45, 2.75) is 12.1 Å². The van der Waals surface area contributed by atoms with Crippen LogP contribution < -0.4 is 19.4 Å². The molecule has 5 rings (SSSR count). The number of amides is 2. The SMILES string of the molecule is COc1ccc(OC)c([C@H]2[C@H]3C(=O)N(c4ccc(Cl)cc4)C(=O)[C@@H]3ON2c2ccccc2)c1. The molecule has 8 heteroatoms. The third-order valence-corrected chi connectivity index (χ3v) is 6.22. The molecule has 0 aliphatic carbocycles. The summed E-state index contributed by atoms with van der Waals surface area (Å²) in [5, 5.41) is 2.14. The van der Waals surface area contributed by atoms with Gasteiger partial charge in [0.25, 0.3) is 5.91 Å². The van der Waals surface area contributed by atoms with Crippen LogP contribution in [0.2, 0.25) is 5.02 Å². The van der Waals surface area contributed by atoms with Gasteiger partial charge in [0.15, 0.2) is 6.10 Å². The smallest absolute Gasteiger partial charge is 0.266 e. The topological polar surface area (TPSA) is 68.3 Å². The van der Waals surface area contributed by atoms with Crippen molar-refractivity contribution < 1.29 is 23.9 Å². The Bertz CT molecular complexity index is 1200. The number of nitrogens with zero attached hydrogens (tertiary/aromatic N) is 2. The molecule has 3 aromatic carbocycles. The lowest BCUT2D eigenvalue weighted by atomic mass is 9.89. The van der Waals surface area contributed by atoms with Gasteiger partial charge in [-0.15, -0.1) is 0 Å². The summed E-state index contributed by atoms with van der Waals surface area (Å²) in [4.78, 5) is 34.4. The van der Waals surface area contributed by atoms with E-state index >= 15 is 0 Å². The highest BCUT2D eigenvalue weighted by molar-refractivity contribution is 6.31. The molecule has 2 aliphatic heterocycles. The molecule has 2 amide bonds. The zero-order chi connectivity index (χ0) is 23.1. The number of fused-ring (bicyclic) bond motifs is 1. The first-order valence-electron chi connectivity index (χ1n) is 10.4. The molecule has 0 bridgehead atoms. The largest absolute Gasteiger partial charge is 0.497 e. The van der Waals surface area contributed by atoms with Crippen LogP contribution in [-0.4, -0.2) is 32.1 Å². The second-order valence-electron chi connectivity index (χ2n) is 7.75. The Balaban J connectivity index is 1.63. The zero-order valence-electron chi connectivity index (χ0n) is 18.0. The summed E-state index contributed by atoms with van der Waals surface area (Å²) in [6.07, 6.45) is -0.978. The van der Waals surface area contributed by atoms with Crippen LogP contribution in [-0.2, 0) is 14.4 Å². The van der Waals surface area contributed by atoms with Gasteiger partial charge in [-0.3, -0.25) is 14.4 Å². The molecule has 7 nitrogen and oxygen atoms in total. The summed E-state index contributed by atoms with van der Waals surface area (Å²) in [5.41, 5.74) is 1.86. The number of para-hydroxylation sites is 1. The van der Waals surface area contributed by atoms with E-state index in [2.05, 4.69) is 0 Å². The van der Waals surface area contributed by atoms with Gasteiger partial charge in [-0.05, 0) is 54.6 Å². The number of hydrogen-bond acceptors (Lipinski definition) is 6. The fraction of sp³-hybridized carbons (Fsp3) is 0.200. The molecule has 3 atom stereocenters. The minimum absolute atomic E-state index is 0.347. The first-order chi connectivity index (χ1) is 16.0. The molecule has 2 saturated heterocycles. The van der Waals surface area contributed by atoms with Gasteiger partial charge in [-0.25, -0.2) is 9.96 Å². The van der Waals surface area contributed by atoms with Crippen LogP contribution in [0.25, 0.3) is 0 Å². The van der Waals surface area contributed by atoms with Crippen molar-refractivity contribution in [3.05, 3.63) is 83.4 Å². The number of hydroxylamine groups is 1. The summed E-state index contributed by atoms with van der Waals surface area (Å²) in [5.74, 6) is -0.377. The van der Waals surface area contributed by atoms with Crippen LogP contribution in [0.3, 0.4) is 0 Å². The average molecular weight is 465 g/mol. The van der Waals surface area contributed by atoms with Gasteiger partial charge in [0.1, 0.15) is 23.5 Å². The molecule has 0 spiro atoms. The predicted molar refractivity (Wildman–Crippen MR) is 124 cm³/mol. The van der Waals surface area contributed by atoms with Crippen molar-refractivity contribution in [2.24, 2.45) is 5.92 Å². The molecule has 2 heterocycles. The number of hydrogen-bond donors (Lipinski definition) is 0. The maximum absolute atomic E-state index is 13.7. The lowest BCUT2D eigenvalue weighted by Crippen LogP contribution is -2.37. The summed E-state index contributed by atoms with van der Waals surface area (Å²) in [6, 6.07) is 20.7. The Morgan fingerprint density at radius 1 is 0.848 bits per heavy atom. The second-order valence-corrected chi connectivity index (χ2v) is 8.19. The minimum Gasteiger partial charge on any atom is -0.497 e. The molecule has 3 aromatic rings. The molecular formula is C25H21ClN2O5. The summed E-state index contributed by atoms with van der Waals surface area (Å²) < 4.78 is 11.0. The highest BCUT2D eigenvalue weighted by Crippen LogP contribution is 2.50. The molecule has 0 aromatic heterocycles. The average Bonchev–Trinajstić information content (AvgIpc) is 3.36. The molecule has 0 unspecified atom stereocenters. The number of carbonyl (C=O) groups excluding carboxylic acids is 2. The van der Waals surface area contributed by atoms with Crippen molar-refractivity contribution >= 4 is 34.8 Å². The molecule has 2 aliphatic rings. The normalized spacial score (nSPS) is 22.0. The van der Waals surface area contributed by atoms with Crippen molar-refractivity contribution in [1.82, 2.24) is 0 Å². The second kappa shape index (κ2) is 8.42. The zero-order valence-corrected chi connectivity index (χ0v) is 18.7. The number of benzene rings is 3. The van der Waals surface area contributed by atoms with E-state index in [0.717, 1.165) is 5.69 Å². The molecule has 33 heavy (non-hydrogen) atoms. The van der Waals surface area contributed by atoms with Crippen LogP contribution in [0.5, 0.6) is 11.5 Å². The molecule has 168 valence electrons. The van der Waals surface area contributed by atoms with E-state index in [0.29, 0.717) is 27.8 Å². The van der Waals surface area contributed by atoms with E-state index in [1.54, 1.807) is 55.7 Å². The fourth-order valence-electron chi connectivity index (χ4n) is 4.44. The molecule has 0 radical (unpaired) electrons. The van der Waals surface area contributed by atoms with Crippen LogP contribution >= 0.6 is 11.6 Å². The van der Waals surface area contributed by atoms with Crippen molar-refractivity contribution in [1.29, 1.82) is 0 Å². The van der Waals surface area contributed by atoms with Crippen LogP contribution in [0.15, 0.2) is 72.8 Å². The molecular weight excluding hydrogens is 444 g/mol. The summed E-state index contributed by atoms with van der Waals surface area (Å²) >= 11 is 5.99. The Hall–Kier alpha value is -3.55. The third-order valence-electron chi connectivity index (χ3n) is 5.97. The molecule has 0 saturated carbocycles. The quantitative estimate of drug-likeness (QED) is 0.521. The van der Waals surface area contributed by atoms with Crippen LogP contribution in [0, 0.1) is 5.92 Å². The van der Waals surface area contributed by atoms with Crippen molar-refractivity contribution in [3.63, 3.8) is 0 Å². The monoisotopic (exact) mass is 464 g/mol. The Labute approximate surface area is 196 Å². The van der Waals surface area contributed by atoms with Gasteiger partial charge < -0.3 is 9.47 Å². The standard InChI is InChI=1S/C25H21ClN2O5/c1-31-18-12-13-20(32-2)19(14-18)22-21-23(33-28(22)17-6-4-3-5-7-17)25(30)27(24(21)29)16-10-8-15(26)9-11-16/h3-14,21-23H,1-2H3/t21-,22+,23-/m1/s1. The van der Waals surface area contributed by atoms with E-state index in [-0.39, 0.29) is 5.91 Å². The maximum Gasteiger partial charge on any atom is 0.266 e. The lowest BCUT2D eigenvalue weighted by molar-refractivity contribution is -0.126. The third kappa shape index (κ3) is 3.50. The number of imide groups is 1. The first kappa shape index (κ1) is 21.3. The van der Waals surface area contributed by atoms with Crippen molar-refractivity contribution in [3.8, 4) is 11.5 Å². The number of methoxy groups -OCH3 is 2. The number of rotatable bonds is 5. The van der Waals surface area contributed by atoms with Crippen LogP contribution in [0.4, 0.5) is 11.4 Å². The Morgan fingerprint density at radius 3 is 2.24 bits per heavy atom. The highest BCUT2D eigenvalue weighted by atomic mass is 35.5. The molecule has 0 N–H and O–H groups in total. The lowest BCUT2D eigenvalue weighted by Gasteiger charge is -2.29. The van der Waals surface area contributed by atoms with Gasteiger partial charge in [-0.2, -0.15) is 0 Å². The molecule has 2 fully saturated rings. The summed E-state index contributed by atoms with van der Waals surface area (Å²) in [7, 11) is 3.13. The number of anilines is 2. The van der Waals surface area contributed by atoms with Crippen LogP contribution in [0.1, 0.15) is 11.6 Å². The Morgan fingerprint density at radius 2 is 1.58 bits per heavy atom. The minimum atomic E-state index is -0.978. The van der Waals surface area contributed by atoms with Gasteiger partial charge in [0, 0.05) is 10.6 Å².